The zero-order chi connectivity index (χ0) is 24.6. The molecule has 3 N–H and O–H groups in total. The Morgan fingerprint density at radius 1 is 0.629 bits per heavy atom. The molecule has 4 aromatic carbocycles. The summed E-state index contributed by atoms with van der Waals surface area (Å²) in [4.78, 5) is 25.2. The van der Waals surface area contributed by atoms with Crippen LogP contribution in [-0.4, -0.2) is 11.8 Å². The Morgan fingerprint density at radius 2 is 1.20 bits per heavy atom. The first kappa shape index (κ1) is 24.3. The van der Waals surface area contributed by atoms with E-state index in [4.69, 9.17) is 23.2 Å². The van der Waals surface area contributed by atoms with Crippen LogP contribution < -0.4 is 16.0 Å². The molecule has 0 aliphatic carbocycles. The molecule has 0 fully saturated rings. The summed E-state index contributed by atoms with van der Waals surface area (Å²) in [6.45, 7) is 0. The van der Waals surface area contributed by atoms with Crippen LogP contribution in [0.15, 0.2) is 97.1 Å². The van der Waals surface area contributed by atoms with Gasteiger partial charge < -0.3 is 16.0 Å². The van der Waals surface area contributed by atoms with E-state index < -0.39 is 0 Å². The van der Waals surface area contributed by atoms with Crippen molar-refractivity contribution in [2.75, 3.05) is 16.0 Å². The highest BCUT2D eigenvalue weighted by atomic mass is 35.5. The molecule has 7 heteroatoms. The van der Waals surface area contributed by atoms with Gasteiger partial charge in [-0.15, -0.1) is 0 Å². The normalized spacial score (nSPS) is 10.5. The number of para-hydroxylation sites is 2. The fraction of sp³-hybridized carbons (Fsp3) is 0.0714. The van der Waals surface area contributed by atoms with E-state index in [1.165, 1.54) is 0 Å². The summed E-state index contributed by atoms with van der Waals surface area (Å²) in [5, 5.41) is 9.99. The van der Waals surface area contributed by atoms with Gasteiger partial charge in [-0.25, -0.2) is 0 Å². The number of amides is 2. The number of hydrogen-bond donors (Lipinski definition) is 3. The zero-order valence-corrected chi connectivity index (χ0v) is 20.2. The minimum atomic E-state index is -0.197. The van der Waals surface area contributed by atoms with Crippen molar-refractivity contribution in [2.24, 2.45) is 0 Å². The summed E-state index contributed by atoms with van der Waals surface area (Å²) in [6.07, 6.45) is 0.409. The Bertz CT molecular complexity index is 1320. The number of rotatable bonds is 8. The molecule has 0 aliphatic rings. The molecule has 0 unspecified atom stereocenters. The van der Waals surface area contributed by atoms with Gasteiger partial charge >= 0.3 is 0 Å². The van der Waals surface area contributed by atoms with Gasteiger partial charge in [0.15, 0.2) is 0 Å². The van der Waals surface area contributed by atoms with Gasteiger partial charge in [0.25, 0.3) is 0 Å². The van der Waals surface area contributed by atoms with Crippen LogP contribution >= 0.6 is 23.2 Å². The first-order chi connectivity index (χ1) is 17.0. The molecule has 0 spiro atoms. The summed E-state index contributed by atoms with van der Waals surface area (Å²) in [5.74, 6) is -0.324. The highest BCUT2D eigenvalue weighted by Gasteiger charge is 2.12. The summed E-state index contributed by atoms with van der Waals surface area (Å²) in [5.41, 5.74) is 4.24. The topological polar surface area (TPSA) is 70.2 Å². The fourth-order valence-electron chi connectivity index (χ4n) is 3.59. The number of benzene rings is 4. The number of nitrogens with one attached hydrogen (secondary N) is 3. The van der Waals surface area contributed by atoms with Crippen LogP contribution in [0.3, 0.4) is 0 Å². The standard InChI is InChI=1S/C28H23Cl2N3O2/c29-23-13-7-14-24(30)28(23)33-25-15-5-4-10-20(25)17-27(35)32-22-12-6-11-21(18-22)31-26(34)16-19-8-2-1-3-9-19/h1-15,18,33H,16-17H2,(H,31,34)(H,32,35). The van der Waals surface area contributed by atoms with Crippen molar-refractivity contribution in [3.8, 4) is 0 Å². The van der Waals surface area contributed by atoms with Gasteiger partial charge in [0, 0.05) is 17.1 Å². The second-order valence-electron chi connectivity index (χ2n) is 7.90. The number of anilines is 4. The van der Waals surface area contributed by atoms with E-state index in [9.17, 15) is 9.59 Å². The van der Waals surface area contributed by atoms with Crippen molar-refractivity contribution >= 4 is 57.8 Å². The van der Waals surface area contributed by atoms with E-state index in [-0.39, 0.29) is 24.7 Å². The van der Waals surface area contributed by atoms with E-state index in [0.29, 0.717) is 27.1 Å². The monoisotopic (exact) mass is 503 g/mol. The van der Waals surface area contributed by atoms with Gasteiger partial charge in [0.2, 0.25) is 11.8 Å². The lowest BCUT2D eigenvalue weighted by molar-refractivity contribution is -0.116. The molecule has 35 heavy (non-hydrogen) atoms. The van der Waals surface area contributed by atoms with Crippen LogP contribution in [0.5, 0.6) is 0 Å². The van der Waals surface area contributed by atoms with Crippen molar-refractivity contribution in [3.63, 3.8) is 0 Å². The largest absolute Gasteiger partial charge is 0.353 e. The van der Waals surface area contributed by atoms with Crippen molar-refractivity contribution in [1.29, 1.82) is 0 Å². The first-order valence-electron chi connectivity index (χ1n) is 11.0. The second-order valence-corrected chi connectivity index (χ2v) is 8.71. The van der Waals surface area contributed by atoms with Crippen molar-refractivity contribution in [1.82, 2.24) is 0 Å². The molecule has 2 amide bonds. The number of halogens is 2. The molecule has 0 aliphatic heterocycles. The van der Waals surface area contributed by atoms with Gasteiger partial charge in [0.05, 0.1) is 28.6 Å². The molecule has 176 valence electrons. The van der Waals surface area contributed by atoms with Gasteiger partial charge in [-0.2, -0.15) is 0 Å². The Hall–Kier alpha value is -3.80. The third-order valence-electron chi connectivity index (χ3n) is 5.23. The van der Waals surface area contributed by atoms with Gasteiger partial charge in [-0.1, -0.05) is 83.9 Å². The van der Waals surface area contributed by atoms with E-state index in [1.54, 1.807) is 42.5 Å². The highest BCUT2D eigenvalue weighted by Crippen LogP contribution is 2.33. The number of carbonyl (C=O) groups excluding carboxylic acids is 2. The van der Waals surface area contributed by atoms with Gasteiger partial charge in [-0.3, -0.25) is 9.59 Å². The molecule has 0 saturated heterocycles. The van der Waals surface area contributed by atoms with Crippen LogP contribution in [0.2, 0.25) is 10.0 Å². The fourth-order valence-corrected chi connectivity index (χ4v) is 4.08. The van der Waals surface area contributed by atoms with Crippen molar-refractivity contribution in [2.45, 2.75) is 12.8 Å². The van der Waals surface area contributed by atoms with E-state index in [0.717, 1.165) is 16.8 Å². The lowest BCUT2D eigenvalue weighted by Gasteiger charge is -2.15. The molecule has 0 bridgehead atoms. The summed E-state index contributed by atoms with van der Waals surface area (Å²) < 4.78 is 0. The van der Waals surface area contributed by atoms with Gasteiger partial charge in [0.1, 0.15) is 0 Å². The molecule has 0 saturated carbocycles. The van der Waals surface area contributed by atoms with Crippen molar-refractivity contribution in [3.05, 3.63) is 118 Å². The van der Waals surface area contributed by atoms with E-state index in [1.807, 2.05) is 54.6 Å². The van der Waals surface area contributed by atoms with Crippen LogP contribution in [-0.2, 0) is 22.4 Å². The summed E-state index contributed by atoms with van der Waals surface area (Å²) in [7, 11) is 0. The summed E-state index contributed by atoms with van der Waals surface area (Å²) in [6, 6.07) is 29.3. The molecule has 0 atom stereocenters. The third-order valence-corrected chi connectivity index (χ3v) is 5.86. The maximum Gasteiger partial charge on any atom is 0.228 e. The predicted molar refractivity (Wildman–Crippen MR) is 144 cm³/mol. The van der Waals surface area contributed by atoms with E-state index >= 15 is 0 Å². The van der Waals surface area contributed by atoms with Gasteiger partial charge in [-0.05, 0) is 47.5 Å². The molecule has 5 nitrogen and oxygen atoms in total. The molecule has 0 heterocycles. The molecule has 4 rings (SSSR count). The number of carbonyl (C=O) groups is 2. The van der Waals surface area contributed by atoms with Crippen LogP contribution in [0.25, 0.3) is 0 Å². The van der Waals surface area contributed by atoms with Crippen molar-refractivity contribution < 1.29 is 9.59 Å². The average molecular weight is 504 g/mol. The Balaban J connectivity index is 1.40. The lowest BCUT2D eigenvalue weighted by Crippen LogP contribution is -2.16. The van der Waals surface area contributed by atoms with Crippen LogP contribution in [0, 0.1) is 0 Å². The number of hydrogen-bond acceptors (Lipinski definition) is 3. The minimum Gasteiger partial charge on any atom is -0.353 e. The molecule has 0 aromatic heterocycles. The molecular formula is C28H23Cl2N3O2. The Labute approximate surface area is 214 Å². The smallest absolute Gasteiger partial charge is 0.228 e. The van der Waals surface area contributed by atoms with Crippen LogP contribution in [0.1, 0.15) is 11.1 Å². The molecule has 0 radical (unpaired) electrons. The Kier molecular flexibility index (Phi) is 8.03. The van der Waals surface area contributed by atoms with Crippen LogP contribution in [0.4, 0.5) is 22.7 Å². The highest BCUT2D eigenvalue weighted by molar-refractivity contribution is 6.39. The maximum absolute atomic E-state index is 12.8. The zero-order valence-electron chi connectivity index (χ0n) is 18.7. The average Bonchev–Trinajstić information content (AvgIpc) is 2.83. The predicted octanol–water partition coefficient (Wildman–Crippen LogP) is 7.10. The SMILES string of the molecule is O=C(Cc1ccccc1)Nc1cccc(NC(=O)Cc2ccccc2Nc2c(Cl)cccc2Cl)c1. The molecule has 4 aromatic rings. The second kappa shape index (κ2) is 11.6. The molecular weight excluding hydrogens is 481 g/mol. The van der Waals surface area contributed by atoms with E-state index in [2.05, 4.69) is 16.0 Å². The summed E-state index contributed by atoms with van der Waals surface area (Å²) >= 11 is 12.6. The maximum atomic E-state index is 12.8. The Morgan fingerprint density at radius 3 is 1.89 bits per heavy atom. The quantitative estimate of drug-likeness (QED) is 0.240. The lowest BCUT2D eigenvalue weighted by atomic mass is 10.1. The third kappa shape index (κ3) is 6.85. The minimum absolute atomic E-state index is 0.127. The first-order valence-corrected chi connectivity index (χ1v) is 11.8.